The van der Waals surface area contributed by atoms with Gasteiger partial charge in [-0.3, -0.25) is 10.1 Å². The Bertz CT molecular complexity index is 1300. The van der Waals surface area contributed by atoms with Crippen molar-refractivity contribution in [2.75, 3.05) is 5.32 Å². The Morgan fingerprint density at radius 3 is 2.57 bits per heavy atom. The first-order chi connectivity index (χ1) is 14.7. The molecule has 0 aliphatic carbocycles. The lowest BCUT2D eigenvalue weighted by molar-refractivity contribution is 0.102. The van der Waals surface area contributed by atoms with E-state index in [4.69, 9.17) is 4.74 Å². The van der Waals surface area contributed by atoms with Gasteiger partial charge in [-0.2, -0.15) is 0 Å². The third-order valence-corrected chi connectivity index (χ3v) is 5.24. The molecule has 0 aliphatic rings. The van der Waals surface area contributed by atoms with Crippen LogP contribution >= 0.6 is 11.3 Å². The highest BCUT2D eigenvalue weighted by Gasteiger charge is 2.11. The molecule has 5 aromatic rings. The number of nitrogens with zero attached hydrogens (tertiary/aromatic N) is 5. The van der Waals surface area contributed by atoms with E-state index in [1.165, 1.54) is 22.3 Å². The maximum Gasteiger partial charge on any atom is 0.257 e. The minimum atomic E-state index is -0.238. The highest BCUT2D eigenvalue weighted by Crippen LogP contribution is 2.31. The molecule has 0 unspecified atom stereocenters. The Morgan fingerprint density at radius 2 is 1.80 bits per heavy atom. The average molecular weight is 414 g/mol. The largest absolute Gasteiger partial charge is 0.457 e. The van der Waals surface area contributed by atoms with E-state index in [1.807, 2.05) is 48.5 Å². The van der Waals surface area contributed by atoms with E-state index in [9.17, 15) is 4.79 Å². The van der Waals surface area contributed by atoms with Crippen LogP contribution in [0.4, 0.5) is 5.13 Å². The second-order valence-corrected chi connectivity index (χ2v) is 7.35. The number of para-hydroxylation sites is 1. The molecular formula is C21H14N6O2S. The summed E-state index contributed by atoms with van der Waals surface area (Å²) in [6.07, 6.45) is 1.49. The van der Waals surface area contributed by atoms with Crippen molar-refractivity contribution in [2.24, 2.45) is 0 Å². The number of fused-ring (bicyclic) bond motifs is 1. The quantitative estimate of drug-likeness (QED) is 0.460. The molecule has 146 valence electrons. The summed E-state index contributed by atoms with van der Waals surface area (Å²) in [5.41, 5.74) is 2.08. The zero-order valence-corrected chi connectivity index (χ0v) is 16.3. The number of anilines is 1. The van der Waals surface area contributed by atoms with Crippen LogP contribution in [-0.2, 0) is 0 Å². The van der Waals surface area contributed by atoms with Crippen molar-refractivity contribution in [1.29, 1.82) is 0 Å². The summed E-state index contributed by atoms with van der Waals surface area (Å²) in [5, 5.41) is 14.4. The van der Waals surface area contributed by atoms with Gasteiger partial charge in [0, 0.05) is 11.6 Å². The third-order valence-electron chi connectivity index (χ3n) is 4.30. The number of rotatable bonds is 5. The molecule has 2 aromatic heterocycles. The molecule has 0 aliphatic heterocycles. The zero-order valence-electron chi connectivity index (χ0n) is 15.5. The van der Waals surface area contributed by atoms with Crippen molar-refractivity contribution in [1.82, 2.24) is 25.2 Å². The molecule has 0 fully saturated rings. The Hall–Kier alpha value is -4.11. The molecule has 1 amide bonds. The van der Waals surface area contributed by atoms with E-state index in [-0.39, 0.29) is 5.91 Å². The Morgan fingerprint density at radius 1 is 0.967 bits per heavy atom. The van der Waals surface area contributed by atoms with Crippen LogP contribution in [0.2, 0.25) is 0 Å². The lowest BCUT2D eigenvalue weighted by Gasteiger charge is -2.04. The molecule has 1 N–H and O–H groups in total. The Labute approximate surface area is 174 Å². The molecule has 0 saturated carbocycles. The van der Waals surface area contributed by atoms with Gasteiger partial charge in [-0.1, -0.05) is 29.5 Å². The van der Waals surface area contributed by atoms with E-state index in [0.717, 1.165) is 21.7 Å². The number of amides is 1. The van der Waals surface area contributed by atoms with Crippen LogP contribution < -0.4 is 10.1 Å². The van der Waals surface area contributed by atoms with E-state index in [2.05, 4.69) is 25.8 Å². The monoisotopic (exact) mass is 414 g/mol. The number of benzene rings is 3. The molecule has 9 heteroatoms. The van der Waals surface area contributed by atoms with Crippen LogP contribution in [0.3, 0.4) is 0 Å². The Balaban J connectivity index is 1.31. The van der Waals surface area contributed by atoms with Gasteiger partial charge in [-0.15, -0.1) is 5.10 Å². The summed E-state index contributed by atoms with van der Waals surface area (Å²) in [4.78, 5) is 17.1. The molecule has 2 heterocycles. The summed E-state index contributed by atoms with van der Waals surface area (Å²) < 4.78 is 8.31. The lowest BCUT2D eigenvalue weighted by atomic mass is 10.2. The molecule has 0 bridgehead atoms. The van der Waals surface area contributed by atoms with E-state index in [1.54, 1.807) is 24.3 Å². The zero-order chi connectivity index (χ0) is 20.3. The van der Waals surface area contributed by atoms with Gasteiger partial charge < -0.3 is 4.74 Å². The van der Waals surface area contributed by atoms with Gasteiger partial charge in [0.2, 0.25) is 0 Å². The maximum absolute atomic E-state index is 12.6. The number of hydrogen-bond acceptors (Lipinski definition) is 7. The second-order valence-electron chi connectivity index (χ2n) is 6.32. The van der Waals surface area contributed by atoms with Crippen LogP contribution in [0.1, 0.15) is 10.4 Å². The number of nitrogens with one attached hydrogen (secondary N) is 1. The van der Waals surface area contributed by atoms with Crippen LogP contribution in [0.5, 0.6) is 11.5 Å². The van der Waals surface area contributed by atoms with Gasteiger partial charge in [-0.25, -0.2) is 9.67 Å². The van der Waals surface area contributed by atoms with E-state index < -0.39 is 0 Å². The van der Waals surface area contributed by atoms with Crippen molar-refractivity contribution < 1.29 is 9.53 Å². The fourth-order valence-corrected chi connectivity index (χ4v) is 3.75. The number of aromatic nitrogens is 5. The SMILES string of the molecule is O=C(Nc1nc2ccc(Oc3ccccc3)cc2s1)c1ccc(-n2cnnn2)cc1. The molecule has 3 aromatic carbocycles. The summed E-state index contributed by atoms with van der Waals surface area (Å²) >= 11 is 1.39. The van der Waals surface area contributed by atoms with Crippen LogP contribution in [-0.4, -0.2) is 31.1 Å². The number of ether oxygens (including phenoxy) is 1. The fourth-order valence-electron chi connectivity index (χ4n) is 2.86. The second kappa shape index (κ2) is 7.72. The molecular weight excluding hydrogens is 400 g/mol. The predicted octanol–water partition coefficient (Wildman–Crippen LogP) is 4.32. The van der Waals surface area contributed by atoms with Gasteiger partial charge in [0.25, 0.3) is 5.91 Å². The minimum Gasteiger partial charge on any atom is -0.457 e. The summed E-state index contributed by atoms with van der Waals surface area (Å²) in [6.45, 7) is 0. The van der Waals surface area contributed by atoms with E-state index in [0.29, 0.717) is 16.4 Å². The molecule has 0 spiro atoms. The number of tetrazole rings is 1. The van der Waals surface area contributed by atoms with Gasteiger partial charge in [-0.05, 0) is 59.0 Å². The van der Waals surface area contributed by atoms with Gasteiger partial charge in [0.05, 0.1) is 15.9 Å². The van der Waals surface area contributed by atoms with E-state index >= 15 is 0 Å². The maximum atomic E-state index is 12.6. The summed E-state index contributed by atoms with van der Waals surface area (Å²) in [5.74, 6) is 1.24. The number of carbonyl (C=O) groups excluding carboxylic acids is 1. The van der Waals surface area contributed by atoms with Crippen molar-refractivity contribution in [2.45, 2.75) is 0 Å². The van der Waals surface area contributed by atoms with Gasteiger partial charge >= 0.3 is 0 Å². The lowest BCUT2D eigenvalue weighted by Crippen LogP contribution is -2.11. The van der Waals surface area contributed by atoms with Crippen molar-refractivity contribution >= 4 is 32.6 Å². The number of hydrogen-bond donors (Lipinski definition) is 1. The van der Waals surface area contributed by atoms with Crippen molar-refractivity contribution in [3.63, 3.8) is 0 Å². The van der Waals surface area contributed by atoms with Crippen LogP contribution in [0.25, 0.3) is 15.9 Å². The predicted molar refractivity (Wildman–Crippen MR) is 113 cm³/mol. The third kappa shape index (κ3) is 3.74. The average Bonchev–Trinajstić information content (AvgIpc) is 3.44. The highest BCUT2D eigenvalue weighted by atomic mass is 32.1. The number of thiazole rings is 1. The normalized spacial score (nSPS) is 10.8. The molecule has 0 radical (unpaired) electrons. The molecule has 5 rings (SSSR count). The first kappa shape index (κ1) is 18.0. The van der Waals surface area contributed by atoms with Crippen LogP contribution in [0, 0.1) is 0 Å². The van der Waals surface area contributed by atoms with Crippen molar-refractivity contribution in [3.8, 4) is 17.2 Å². The number of carbonyl (C=O) groups is 1. The molecule has 0 saturated heterocycles. The van der Waals surface area contributed by atoms with Gasteiger partial charge in [0.15, 0.2) is 5.13 Å². The molecule has 0 atom stereocenters. The topological polar surface area (TPSA) is 94.8 Å². The van der Waals surface area contributed by atoms with Crippen LogP contribution in [0.15, 0.2) is 79.1 Å². The smallest absolute Gasteiger partial charge is 0.257 e. The fraction of sp³-hybridized carbons (Fsp3) is 0. The molecule has 8 nitrogen and oxygen atoms in total. The summed E-state index contributed by atoms with van der Waals surface area (Å²) in [7, 11) is 0. The highest BCUT2D eigenvalue weighted by molar-refractivity contribution is 7.22. The minimum absolute atomic E-state index is 0.238. The first-order valence-corrected chi connectivity index (χ1v) is 9.84. The summed E-state index contributed by atoms with van der Waals surface area (Å²) in [6, 6.07) is 22.2. The standard InChI is InChI=1S/C21H14N6O2S/c28-20(14-6-8-15(9-7-14)27-13-22-25-26-27)24-21-23-18-11-10-17(12-19(18)30-21)29-16-4-2-1-3-5-16/h1-13H,(H,23,24,28). The van der Waals surface area contributed by atoms with Gasteiger partial charge in [0.1, 0.15) is 17.8 Å². The molecule has 30 heavy (non-hydrogen) atoms. The first-order valence-electron chi connectivity index (χ1n) is 9.03. The van der Waals surface area contributed by atoms with Crippen molar-refractivity contribution in [3.05, 3.63) is 84.7 Å². The Kier molecular flexibility index (Phi) is 4.62.